The number of hydrogen-bond acceptors (Lipinski definition) is 2. The normalized spacial score (nSPS) is 16.4. The van der Waals surface area contributed by atoms with Gasteiger partial charge in [-0.2, -0.15) is 0 Å². The van der Waals surface area contributed by atoms with E-state index in [1.807, 2.05) is 0 Å². The van der Waals surface area contributed by atoms with Gasteiger partial charge in [-0.3, -0.25) is 4.90 Å². The minimum Gasteiger partial charge on any atom is -0.325 e. The van der Waals surface area contributed by atoms with Gasteiger partial charge in [0.2, 0.25) is 0 Å². The lowest BCUT2D eigenvalue weighted by molar-refractivity contribution is 0.180. The van der Waals surface area contributed by atoms with E-state index in [0.717, 1.165) is 37.4 Å². The summed E-state index contributed by atoms with van der Waals surface area (Å²) in [5.74, 6) is 1.76. The molecule has 0 unspecified atom stereocenters. The summed E-state index contributed by atoms with van der Waals surface area (Å²) in [6.07, 6.45) is 3.16. The summed E-state index contributed by atoms with van der Waals surface area (Å²) in [4.78, 5) is 7.45. The Hall–Kier alpha value is -1.11. The number of piperidine rings is 1. The third-order valence-corrected chi connectivity index (χ3v) is 6.07. The molecule has 26 heavy (non-hydrogen) atoms. The van der Waals surface area contributed by atoms with Crippen LogP contribution in [0.2, 0.25) is 0 Å². The van der Waals surface area contributed by atoms with Crippen molar-refractivity contribution in [1.29, 1.82) is 0 Å². The van der Waals surface area contributed by atoms with Gasteiger partial charge in [0.25, 0.3) is 0 Å². The van der Waals surface area contributed by atoms with E-state index in [1.54, 1.807) is 0 Å². The molecule has 2 heterocycles. The third-order valence-electron chi connectivity index (χ3n) is 5.21. The van der Waals surface area contributed by atoms with Crippen LogP contribution in [-0.2, 0) is 13.0 Å². The largest absolute Gasteiger partial charge is 0.325 e. The summed E-state index contributed by atoms with van der Waals surface area (Å²) in [6.45, 7) is 3.30. The topological polar surface area (TPSA) is 21.1 Å². The van der Waals surface area contributed by atoms with Crippen LogP contribution in [0.4, 0.5) is 0 Å². The van der Waals surface area contributed by atoms with Crippen molar-refractivity contribution in [3.05, 3.63) is 63.5 Å². The molecule has 0 atom stereocenters. The van der Waals surface area contributed by atoms with E-state index < -0.39 is 0 Å². The molecule has 0 bridgehead atoms. The molecule has 3 aromatic rings. The molecule has 2 aromatic carbocycles. The van der Waals surface area contributed by atoms with Crippen molar-refractivity contribution in [3.8, 4) is 0 Å². The van der Waals surface area contributed by atoms with Crippen LogP contribution < -0.4 is 0 Å². The van der Waals surface area contributed by atoms with Gasteiger partial charge in [0, 0.05) is 41.5 Å². The van der Waals surface area contributed by atoms with Crippen molar-refractivity contribution >= 4 is 45.2 Å². The Labute approximate surface area is 173 Å². The molecule has 4 rings (SSSR count). The van der Waals surface area contributed by atoms with Gasteiger partial charge < -0.3 is 4.57 Å². The van der Waals surface area contributed by atoms with E-state index in [2.05, 4.69) is 80.6 Å². The lowest BCUT2D eigenvalue weighted by atomic mass is 10.0. The fourth-order valence-corrected chi connectivity index (χ4v) is 4.61. The van der Waals surface area contributed by atoms with Gasteiger partial charge in [0.1, 0.15) is 5.82 Å². The van der Waals surface area contributed by atoms with E-state index in [0.29, 0.717) is 11.9 Å². The SMILES string of the molecule is ClCCc1nc2cc(I)ccc2n1C1CCN(Cc2ccccc2)CC1. The molecule has 1 aliphatic heterocycles. The van der Waals surface area contributed by atoms with Gasteiger partial charge in [0.05, 0.1) is 11.0 Å². The Balaban J connectivity index is 1.52. The summed E-state index contributed by atoms with van der Waals surface area (Å²) in [5, 5.41) is 0. The molecule has 0 amide bonds. The van der Waals surface area contributed by atoms with Crippen LogP contribution in [0.25, 0.3) is 11.0 Å². The number of rotatable bonds is 5. The summed E-state index contributed by atoms with van der Waals surface area (Å²) in [6, 6.07) is 17.9. The Kier molecular flexibility index (Phi) is 5.81. The molecule has 3 nitrogen and oxygen atoms in total. The quantitative estimate of drug-likeness (QED) is 0.368. The first-order valence-corrected chi connectivity index (χ1v) is 10.8. The number of benzene rings is 2. The highest BCUT2D eigenvalue weighted by Crippen LogP contribution is 2.30. The predicted octanol–water partition coefficient (Wildman–Crippen LogP) is 5.26. The highest BCUT2D eigenvalue weighted by atomic mass is 127. The smallest absolute Gasteiger partial charge is 0.111 e. The van der Waals surface area contributed by atoms with Crippen LogP contribution in [0, 0.1) is 3.57 Å². The van der Waals surface area contributed by atoms with E-state index in [1.165, 1.54) is 27.5 Å². The summed E-state index contributed by atoms with van der Waals surface area (Å²) >= 11 is 8.41. The molecule has 1 aromatic heterocycles. The van der Waals surface area contributed by atoms with Crippen molar-refractivity contribution < 1.29 is 0 Å². The number of aromatic nitrogens is 2. The van der Waals surface area contributed by atoms with Crippen molar-refractivity contribution in [3.63, 3.8) is 0 Å². The fourth-order valence-electron chi connectivity index (χ4n) is 3.97. The van der Waals surface area contributed by atoms with Gasteiger partial charge in [0.15, 0.2) is 0 Å². The summed E-state index contributed by atoms with van der Waals surface area (Å²) < 4.78 is 3.70. The highest BCUT2D eigenvalue weighted by Gasteiger charge is 2.24. The van der Waals surface area contributed by atoms with Gasteiger partial charge in [-0.15, -0.1) is 11.6 Å². The van der Waals surface area contributed by atoms with Gasteiger partial charge in [-0.05, 0) is 59.2 Å². The van der Waals surface area contributed by atoms with E-state index in [9.17, 15) is 0 Å². The number of halogens is 2. The number of hydrogen-bond donors (Lipinski definition) is 0. The second-order valence-corrected chi connectivity index (χ2v) is 8.59. The monoisotopic (exact) mass is 479 g/mol. The average Bonchev–Trinajstić information content (AvgIpc) is 3.00. The Morgan fingerprint density at radius 3 is 2.58 bits per heavy atom. The van der Waals surface area contributed by atoms with Crippen LogP contribution in [0.5, 0.6) is 0 Å². The average molecular weight is 480 g/mol. The van der Waals surface area contributed by atoms with Gasteiger partial charge in [-0.1, -0.05) is 30.3 Å². The number of fused-ring (bicyclic) bond motifs is 1. The predicted molar refractivity (Wildman–Crippen MR) is 117 cm³/mol. The minimum absolute atomic E-state index is 0.519. The zero-order chi connectivity index (χ0) is 17.9. The molecule has 0 aliphatic carbocycles. The molecule has 1 fully saturated rings. The summed E-state index contributed by atoms with van der Waals surface area (Å²) in [7, 11) is 0. The van der Waals surface area contributed by atoms with Crippen molar-refractivity contribution in [2.45, 2.75) is 31.8 Å². The number of imidazole rings is 1. The lowest BCUT2D eigenvalue weighted by Gasteiger charge is -2.33. The molecule has 5 heteroatoms. The first kappa shape index (κ1) is 18.3. The molecule has 136 valence electrons. The molecule has 0 radical (unpaired) electrons. The van der Waals surface area contributed by atoms with Crippen molar-refractivity contribution in [2.24, 2.45) is 0 Å². The van der Waals surface area contributed by atoms with Crippen LogP contribution in [-0.4, -0.2) is 33.4 Å². The lowest BCUT2D eigenvalue weighted by Crippen LogP contribution is -2.34. The molecule has 0 saturated carbocycles. The molecular weight excluding hydrogens is 457 g/mol. The second-order valence-electron chi connectivity index (χ2n) is 6.96. The molecule has 0 spiro atoms. The van der Waals surface area contributed by atoms with Crippen molar-refractivity contribution in [1.82, 2.24) is 14.5 Å². The highest BCUT2D eigenvalue weighted by molar-refractivity contribution is 14.1. The van der Waals surface area contributed by atoms with Crippen LogP contribution in [0.3, 0.4) is 0 Å². The van der Waals surface area contributed by atoms with Gasteiger partial charge >= 0.3 is 0 Å². The minimum atomic E-state index is 0.519. The number of nitrogens with zero attached hydrogens (tertiary/aromatic N) is 3. The molecule has 1 saturated heterocycles. The molecule has 0 N–H and O–H groups in total. The molecular formula is C21H23ClIN3. The second kappa shape index (κ2) is 8.28. The number of alkyl halides is 1. The van der Waals surface area contributed by atoms with Crippen molar-refractivity contribution in [2.75, 3.05) is 19.0 Å². The Morgan fingerprint density at radius 1 is 1.08 bits per heavy atom. The number of aryl methyl sites for hydroxylation is 1. The first-order chi connectivity index (χ1) is 12.7. The third kappa shape index (κ3) is 3.92. The van der Waals surface area contributed by atoms with Crippen LogP contribution in [0.15, 0.2) is 48.5 Å². The zero-order valence-electron chi connectivity index (χ0n) is 14.7. The van der Waals surface area contributed by atoms with E-state index in [4.69, 9.17) is 16.6 Å². The summed E-state index contributed by atoms with van der Waals surface area (Å²) in [5.41, 5.74) is 3.76. The fraction of sp³-hybridized carbons (Fsp3) is 0.381. The van der Waals surface area contributed by atoms with Crippen LogP contribution >= 0.6 is 34.2 Å². The molecule has 1 aliphatic rings. The first-order valence-electron chi connectivity index (χ1n) is 9.23. The standard InChI is InChI=1S/C21H23ClIN3/c22-11-8-21-24-19-14-17(23)6-7-20(19)26(21)18-9-12-25(13-10-18)15-16-4-2-1-3-5-16/h1-7,14,18H,8-13,15H2. The Morgan fingerprint density at radius 2 is 1.85 bits per heavy atom. The van der Waals surface area contributed by atoms with E-state index >= 15 is 0 Å². The Bertz CT molecular complexity index is 870. The maximum atomic E-state index is 6.06. The van der Waals surface area contributed by atoms with Gasteiger partial charge in [-0.25, -0.2) is 4.98 Å². The number of likely N-dealkylation sites (tertiary alicyclic amines) is 1. The maximum absolute atomic E-state index is 6.06. The van der Waals surface area contributed by atoms with E-state index in [-0.39, 0.29) is 0 Å². The van der Waals surface area contributed by atoms with Crippen LogP contribution in [0.1, 0.15) is 30.3 Å². The zero-order valence-corrected chi connectivity index (χ0v) is 17.7. The maximum Gasteiger partial charge on any atom is 0.111 e.